The van der Waals surface area contributed by atoms with Gasteiger partial charge in [-0.3, -0.25) is 4.90 Å². The van der Waals surface area contributed by atoms with Crippen LogP contribution in [0.3, 0.4) is 0 Å². The molecule has 2 aromatic heterocycles. The lowest BCUT2D eigenvalue weighted by Gasteiger charge is -2.44. The molecule has 1 unspecified atom stereocenters. The van der Waals surface area contributed by atoms with Crippen LogP contribution in [0.1, 0.15) is 22.4 Å². The molecule has 4 heterocycles. The molecule has 1 N–H and O–H groups in total. The third-order valence-corrected chi connectivity index (χ3v) is 6.61. The van der Waals surface area contributed by atoms with Gasteiger partial charge >= 0.3 is 0 Å². The van der Waals surface area contributed by atoms with E-state index in [2.05, 4.69) is 37.4 Å². The Morgan fingerprint density at radius 2 is 2.09 bits per heavy atom. The van der Waals surface area contributed by atoms with Crippen molar-refractivity contribution in [1.29, 1.82) is 5.26 Å². The molecule has 0 saturated carbocycles. The number of rotatable bonds is 4. The molecule has 0 radical (unpaired) electrons. The second kappa shape index (κ2) is 8.69. The van der Waals surface area contributed by atoms with E-state index in [0.717, 1.165) is 78.6 Å². The summed E-state index contributed by atoms with van der Waals surface area (Å²) in [6.45, 7) is 10.0. The van der Waals surface area contributed by atoms with Crippen molar-refractivity contribution in [2.75, 3.05) is 49.6 Å². The number of ether oxygens (including phenoxy) is 1. The van der Waals surface area contributed by atoms with Crippen LogP contribution in [0.15, 0.2) is 30.5 Å². The summed E-state index contributed by atoms with van der Waals surface area (Å²) >= 11 is 0. The van der Waals surface area contributed by atoms with E-state index >= 15 is 0 Å². The summed E-state index contributed by atoms with van der Waals surface area (Å²) in [7, 11) is 0. The van der Waals surface area contributed by atoms with Crippen LogP contribution in [-0.4, -0.2) is 65.5 Å². The van der Waals surface area contributed by atoms with Gasteiger partial charge in [0.05, 0.1) is 36.6 Å². The lowest BCUT2D eigenvalue weighted by atomic mass is 10.0. The van der Waals surface area contributed by atoms with E-state index in [-0.39, 0.29) is 0 Å². The highest BCUT2D eigenvalue weighted by molar-refractivity contribution is 5.94. The van der Waals surface area contributed by atoms with E-state index in [9.17, 15) is 5.26 Å². The van der Waals surface area contributed by atoms with Crippen LogP contribution in [0, 0.1) is 25.2 Å². The SMILES string of the molecule is Cc1c(C#N)cccc1CNc1nnc(C)c2cnc(N3CCN4CCOCC4C3)cc12. The van der Waals surface area contributed by atoms with Gasteiger partial charge in [-0.25, -0.2) is 4.98 Å². The molecule has 0 bridgehead atoms. The van der Waals surface area contributed by atoms with Crippen molar-refractivity contribution in [3.05, 3.63) is 52.8 Å². The summed E-state index contributed by atoms with van der Waals surface area (Å²) in [6.07, 6.45) is 1.91. The Morgan fingerprint density at radius 3 is 2.97 bits per heavy atom. The van der Waals surface area contributed by atoms with Crippen molar-refractivity contribution in [3.63, 3.8) is 0 Å². The number of piperazine rings is 1. The molecule has 5 rings (SSSR count). The molecule has 8 nitrogen and oxygen atoms in total. The van der Waals surface area contributed by atoms with Crippen LogP contribution >= 0.6 is 0 Å². The summed E-state index contributed by atoms with van der Waals surface area (Å²) in [5.41, 5.74) is 3.61. The minimum Gasteiger partial charge on any atom is -0.378 e. The first-order chi connectivity index (χ1) is 15.6. The van der Waals surface area contributed by atoms with E-state index in [4.69, 9.17) is 9.72 Å². The molecule has 2 aliphatic rings. The number of nitrogens with one attached hydrogen (secondary N) is 1. The largest absolute Gasteiger partial charge is 0.378 e. The zero-order valence-electron chi connectivity index (χ0n) is 18.5. The first-order valence-electron chi connectivity index (χ1n) is 11.1. The predicted molar refractivity (Wildman–Crippen MR) is 124 cm³/mol. The van der Waals surface area contributed by atoms with Gasteiger partial charge in [-0.1, -0.05) is 12.1 Å². The number of hydrogen-bond donors (Lipinski definition) is 1. The number of hydrogen-bond acceptors (Lipinski definition) is 8. The van der Waals surface area contributed by atoms with Gasteiger partial charge in [0, 0.05) is 49.7 Å². The topological polar surface area (TPSA) is 90.2 Å². The molecule has 2 saturated heterocycles. The van der Waals surface area contributed by atoms with Gasteiger partial charge in [0.25, 0.3) is 0 Å². The highest BCUT2D eigenvalue weighted by Gasteiger charge is 2.30. The van der Waals surface area contributed by atoms with Gasteiger partial charge in [-0.2, -0.15) is 10.4 Å². The van der Waals surface area contributed by atoms with Gasteiger partial charge in [0.15, 0.2) is 5.82 Å². The number of nitrogens with zero attached hydrogens (tertiary/aromatic N) is 6. The lowest BCUT2D eigenvalue weighted by Crippen LogP contribution is -2.58. The maximum atomic E-state index is 9.31. The number of anilines is 2. The zero-order chi connectivity index (χ0) is 22.1. The predicted octanol–water partition coefficient (Wildman–Crippen LogP) is 2.65. The Hall–Kier alpha value is -3.28. The highest BCUT2D eigenvalue weighted by atomic mass is 16.5. The summed E-state index contributed by atoms with van der Waals surface area (Å²) in [5.74, 6) is 1.69. The van der Waals surface area contributed by atoms with Gasteiger partial charge in [0.2, 0.25) is 0 Å². The molecular formula is C24H27N7O. The Balaban J connectivity index is 1.42. The molecule has 3 aromatic rings. The minimum absolute atomic E-state index is 0.417. The Kier molecular flexibility index (Phi) is 5.60. The Bertz CT molecular complexity index is 1190. The van der Waals surface area contributed by atoms with Crippen molar-refractivity contribution in [2.45, 2.75) is 26.4 Å². The van der Waals surface area contributed by atoms with E-state index in [1.807, 2.05) is 38.2 Å². The lowest BCUT2D eigenvalue weighted by molar-refractivity contribution is -0.0117. The fraction of sp³-hybridized carbons (Fsp3) is 0.417. The summed E-state index contributed by atoms with van der Waals surface area (Å²) in [5, 5.41) is 23.5. The van der Waals surface area contributed by atoms with Gasteiger partial charge in [-0.05, 0) is 37.1 Å². The van der Waals surface area contributed by atoms with Gasteiger partial charge in [-0.15, -0.1) is 5.10 Å². The molecule has 8 heteroatoms. The van der Waals surface area contributed by atoms with Crippen molar-refractivity contribution in [3.8, 4) is 6.07 Å². The zero-order valence-corrected chi connectivity index (χ0v) is 18.5. The van der Waals surface area contributed by atoms with E-state index in [1.165, 1.54) is 0 Å². The first kappa shape index (κ1) is 20.6. The van der Waals surface area contributed by atoms with Crippen LogP contribution in [0.2, 0.25) is 0 Å². The Morgan fingerprint density at radius 1 is 1.19 bits per heavy atom. The van der Waals surface area contributed by atoms with Crippen molar-refractivity contribution < 1.29 is 4.74 Å². The molecule has 1 aromatic carbocycles. The second-order valence-electron chi connectivity index (χ2n) is 8.49. The molecule has 1 atom stereocenters. The van der Waals surface area contributed by atoms with E-state index in [0.29, 0.717) is 18.2 Å². The molecule has 32 heavy (non-hydrogen) atoms. The van der Waals surface area contributed by atoms with Crippen molar-refractivity contribution >= 4 is 22.4 Å². The summed E-state index contributed by atoms with van der Waals surface area (Å²) < 4.78 is 5.69. The molecule has 0 aliphatic carbocycles. The van der Waals surface area contributed by atoms with Crippen LogP contribution in [-0.2, 0) is 11.3 Å². The number of morpholine rings is 1. The fourth-order valence-corrected chi connectivity index (χ4v) is 4.59. The average molecular weight is 430 g/mol. The monoisotopic (exact) mass is 429 g/mol. The average Bonchev–Trinajstić information content (AvgIpc) is 2.84. The summed E-state index contributed by atoms with van der Waals surface area (Å²) in [4.78, 5) is 9.62. The van der Waals surface area contributed by atoms with E-state index < -0.39 is 0 Å². The van der Waals surface area contributed by atoms with Crippen molar-refractivity contribution in [1.82, 2.24) is 20.1 Å². The number of aromatic nitrogens is 3. The third-order valence-electron chi connectivity index (χ3n) is 6.61. The number of aryl methyl sites for hydroxylation is 1. The summed E-state index contributed by atoms with van der Waals surface area (Å²) in [6, 6.07) is 10.6. The number of benzene rings is 1. The maximum absolute atomic E-state index is 9.31. The Labute approximate surface area is 187 Å². The van der Waals surface area contributed by atoms with Gasteiger partial charge < -0.3 is 15.0 Å². The number of pyridine rings is 1. The first-order valence-corrected chi connectivity index (χ1v) is 11.1. The maximum Gasteiger partial charge on any atom is 0.157 e. The molecule has 2 fully saturated rings. The van der Waals surface area contributed by atoms with Crippen LogP contribution in [0.4, 0.5) is 11.6 Å². The van der Waals surface area contributed by atoms with Crippen LogP contribution in [0.5, 0.6) is 0 Å². The highest BCUT2D eigenvalue weighted by Crippen LogP contribution is 2.28. The normalized spacial score (nSPS) is 18.9. The standard InChI is InChI=1S/C24H27N7O/c1-16-18(11-25)4-3-5-19(16)12-27-24-21-10-23(26-13-22(21)17(2)28-29-24)31-7-6-30-8-9-32-15-20(30)14-31/h3-5,10,13,20H,6-9,12,14-15H2,1-2H3,(H,27,29). The smallest absolute Gasteiger partial charge is 0.157 e. The van der Waals surface area contributed by atoms with Crippen molar-refractivity contribution in [2.24, 2.45) is 0 Å². The van der Waals surface area contributed by atoms with E-state index in [1.54, 1.807) is 0 Å². The molecule has 0 spiro atoms. The number of fused-ring (bicyclic) bond motifs is 2. The minimum atomic E-state index is 0.417. The second-order valence-corrected chi connectivity index (χ2v) is 8.49. The van der Waals surface area contributed by atoms with Gasteiger partial charge in [0.1, 0.15) is 5.82 Å². The third kappa shape index (κ3) is 3.85. The molecule has 164 valence electrons. The van der Waals surface area contributed by atoms with Crippen LogP contribution < -0.4 is 10.2 Å². The van der Waals surface area contributed by atoms with Crippen LogP contribution in [0.25, 0.3) is 10.8 Å². The molecule has 0 amide bonds. The quantitative estimate of drug-likeness (QED) is 0.677. The molecular weight excluding hydrogens is 402 g/mol. The molecule has 2 aliphatic heterocycles. The number of nitriles is 1. The fourth-order valence-electron chi connectivity index (χ4n) is 4.59.